The fourth-order valence-corrected chi connectivity index (χ4v) is 1.02. The summed E-state index contributed by atoms with van der Waals surface area (Å²) in [5.41, 5.74) is 0. The molecule has 1 unspecified atom stereocenters. The van der Waals surface area contributed by atoms with E-state index in [-0.39, 0.29) is 6.10 Å². The smallest absolute Gasteiger partial charge is 0.0664 e. The number of aliphatic hydroxyl groups excluding tert-OH is 1. The number of rotatable bonds is 7. The van der Waals surface area contributed by atoms with Gasteiger partial charge in [0.1, 0.15) is 0 Å². The van der Waals surface area contributed by atoms with Crippen molar-refractivity contribution < 1.29 is 5.11 Å². The number of unbranched alkanes of at least 4 members (excludes halogenated alkanes) is 1. The molecule has 0 aliphatic carbocycles. The summed E-state index contributed by atoms with van der Waals surface area (Å²) < 4.78 is 0. The molecular weight excluding hydrogens is 150 g/mol. The average molecular weight is 169 g/mol. The molecule has 0 aromatic rings. The molecule has 70 valence electrons. The summed E-state index contributed by atoms with van der Waals surface area (Å²) >= 11 is 0. The summed E-state index contributed by atoms with van der Waals surface area (Å²) in [6, 6.07) is 0. The Kier molecular flexibility index (Phi) is 8.20. The molecule has 0 aromatic heterocycles. The third-order valence-corrected chi connectivity index (χ3v) is 1.68. The predicted octanol–water partition coefficient (Wildman–Crippen LogP) is 1.15. The maximum absolute atomic E-state index is 9.30. The van der Waals surface area contributed by atoms with Crippen molar-refractivity contribution in [2.24, 2.45) is 0 Å². The molecule has 1 atom stereocenters. The predicted molar refractivity (Wildman–Crippen MR) is 51.9 cm³/mol. The summed E-state index contributed by atoms with van der Waals surface area (Å²) in [5.74, 6) is 2.58. The molecule has 0 radical (unpaired) electrons. The van der Waals surface area contributed by atoms with Gasteiger partial charge < -0.3 is 10.4 Å². The Morgan fingerprint density at radius 1 is 1.58 bits per heavy atom. The molecule has 0 bridgehead atoms. The highest BCUT2D eigenvalue weighted by molar-refractivity contribution is 4.83. The molecule has 2 nitrogen and oxygen atoms in total. The second-order valence-corrected chi connectivity index (χ2v) is 2.95. The van der Waals surface area contributed by atoms with Gasteiger partial charge in [-0.3, -0.25) is 0 Å². The number of hydrogen-bond donors (Lipinski definition) is 2. The van der Waals surface area contributed by atoms with Gasteiger partial charge in [-0.2, -0.15) is 0 Å². The van der Waals surface area contributed by atoms with Crippen LogP contribution >= 0.6 is 0 Å². The Bertz CT molecular complexity index is 128. The number of nitrogens with one attached hydrogen (secondary N) is 1. The second kappa shape index (κ2) is 8.58. The quantitative estimate of drug-likeness (QED) is 0.442. The maximum Gasteiger partial charge on any atom is 0.0664 e. The minimum Gasteiger partial charge on any atom is -0.392 e. The first kappa shape index (κ1) is 11.5. The zero-order valence-electron chi connectivity index (χ0n) is 7.84. The van der Waals surface area contributed by atoms with E-state index in [4.69, 9.17) is 6.42 Å². The summed E-state index contributed by atoms with van der Waals surface area (Å²) in [5, 5.41) is 12.5. The molecule has 12 heavy (non-hydrogen) atoms. The lowest BCUT2D eigenvalue weighted by atomic mass is 10.2. The molecule has 2 heteroatoms. The summed E-state index contributed by atoms with van der Waals surface area (Å²) in [6.07, 6.45) is 8.62. The molecule has 0 amide bonds. The van der Waals surface area contributed by atoms with Gasteiger partial charge in [0, 0.05) is 13.0 Å². The van der Waals surface area contributed by atoms with Crippen LogP contribution in [0.15, 0.2) is 0 Å². The van der Waals surface area contributed by atoms with Crippen molar-refractivity contribution >= 4 is 0 Å². The van der Waals surface area contributed by atoms with E-state index >= 15 is 0 Å². The Balaban J connectivity index is 3.04. The molecule has 0 spiro atoms. The lowest BCUT2D eigenvalue weighted by molar-refractivity contribution is 0.161. The highest BCUT2D eigenvalue weighted by atomic mass is 16.3. The summed E-state index contributed by atoms with van der Waals surface area (Å²) in [4.78, 5) is 0. The molecule has 0 aliphatic heterocycles. The highest BCUT2D eigenvalue weighted by Crippen LogP contribution is 1.93. The molecule has 0 aliphatic rings. The van der Waals surface area contributed by atoms with Gasteiger partial charge in [-0.05, 0) is 19.4 Å². The zero-order valence-corrected chi connectivity index (χ0v) is 7.84. The SMILES string of the molecule is C#CCCCNCC(O)CCC. The van der Waals surface area contributed by atoms with E-state index in [1.165, 1.54) is 0 Å². The molecule has 2 N–H and O–H groups in total. The fourth-order valence-electron chi connectivity index (χ4n) is 1.02. The average Bonchev–Trinajstić information content (AvgIpc) is 2.05. The van der Waals surface area contributed by atoms with Crippen molar-refractivity contribution in [3.63, 3.8) is 0 Å². The highest BCUT2D eigenvalue weighted by Gasteiger charge is 1.99. The number of hydrogen-bond acceptors (Lipinski definition) is 2. The summed E-state index contributed by atoms with van der Waals surface area (Å²) in [6.45, 7) is 3.67. The molecule has 0 saturated heterocycles. The van der Waals surface area contributed by atoms with Crippen LogP contribution in [0.5, 0.6) is 0 Å². The topological polar surface area (TPSA) is 32.3 Å². The molecule has 0 fully saturated rings. The van der Waals surface area contributed by atoms with Crippen LogP contribution in [0.25, 0.3) is 0 Å². The first-order valence-corrected chi connectivity index (χ1v) is 4.63. The van der Waals surface area contributed by atoms with Gasteiger partial charge >= 0.3 is 0 Å². The van der Waals surface area contributed by atoms with Crippen LogP contribution in [-0.4, -0.2) is 24.3 Å². The van der Waals surface area contributed by atoms with Gasteiger partial charge in [0.15, 0.2) is 0 Å². The number of terminal acetylenes is 1. The van der Waals surface area contributed by atoms with E-state index in [9.17, 15) is 5.11 Å². The van der Waals surface area contributed by atoms with Crippen LogP contribution in [0.1, 0.15) is 32.6 Å². The third kappa shape index (κ3) is 7.59. The van der Waals surface area contributed by atoms with E-state index in [2.05, 4.69) is 18.2 Å². The van der Waals surface area contributed by atoms with Crippen molar-refractivity contribution in [2.45, 2.75) is 38.7 Å². The maximum atomic E-state index is 9.30. The Morgan fingerprint density at radius 2 is 2.33 bits per heavy atom. The Labute approximate surface area is 75.4 Å². The molecule has 0 rings (SSSR count). The van der Waals surface area contributed by atoms with Crippen LogP contribution in [-0.2, 0) is 0 Å². The van der Waals surface area contributed by atoms with Gasteiger partial charge in [0.2, 0.25) is 0 Å². The van der Waals surface area contributed by atoms with Gasteiger partial charge in [-0.25, -0.2) is 0 Å². The standard InChI is InChI=1S/C10H19NO/c1-3-5-6-8-11-9-10(12)7-4-2/h1,10-12H,4-9H2,2H3. The van der Waals surface area contributed by atoms with Crippen molar-refractivity contribution in [3.8, 4) is 12.3 Å². The largest absolute Gasteiger partial charge is 0.392 e. The lowest BCUT2D eigenvalue weighted by Gasteiger charge is -2.09. The van der Waals surface area contributed by atoms with E-state index in [1.807, 2.05) is 0 Å². The first-order chi connectivity index (χ1) is 5.81. The second-order valence-electron chi connectivity index (χ2n) is 2.95. The molecule has 0 saturated carbocycles. The van der Waals surface area contributed by atoms with E-state index < -0.39 is 0 Å². The van der Waals surface area contributed by atoms with Crippen LogP contribution in [0.3, 0.4) is 0 Å². The fraction of sp³-hybridized carbons (Fsp3) is 0.800. The Hall–Kier alpha value is -0.520. The van der Waals surface area contributed by atoms with Crippen LogP contribution in [0.4, 0.5) is 0 Å². The minimum atomic E-state index is -0.194. The van der Waals surface area contributed by atoms with Gasteiger partial charge in [-0.15, -0.1) is 12.3 Å². The lowest BCUT2D eigenvalue weighted by Crippen LogP contribution is -2.27. The van der Waals surface area contributed by atoms with Crippen molar-refractivity contribution in [3.05, 3.63) is 0 Å². The third-order valence-electron chi connectivity index (χ3n) is 1.68. The van der Waals surface area contributed by atoms with Crippen LogP contribution in [0, 0.1) is 12.3 Å². The van der Waals surface area contributed by atoms with Gasteiger partial charge in [0.05, 0.1) is 6.10 Å². The van der Waals surface area contributed by atoms with Gasteiger partial charge in [0.25, 0.3) is 0 Å². The van der Waals surface area contributed by atoms with E-state index in [0.717, 1.165) is 32.2 Å². The molecule has 0 aromatic carbocycles. The van der Waals surface area contributed by atoms with E-state index in [0.29, 0.717) is 6.54 Å². The van der Waals surface area contributed by atoms with Crippen molar-refractivity contribution in [1.82, 2.24) is 5.32 Å². The monoisotopic (exact) mass is 169 g/mol. The van der Waals surface area contributed by atoms with Crippen LogP contribution < -0.4 is 5.32 Å². The molecule has 0 heterocycles. The Morgan fingerprint density at radius 3 is 2.92 bits per heavy atom. The van der Waals surface area contributed by atoms with Crippen LogP contribution in [0.2, 0.25) is 0 Å². The van der Waals surface area contributed by atoms with Gasteiger partial charge in [-0.1, -0.05) is 13.3 Å². The van der Waals surface area contributed by atoms with Crippen molar-refractivity contribution in [1.29, 1.82) is 0 Å². The molecular formula is C10H19NO. The first-order valence-electron chi connectivity index (χ1n) is 4.63. The normalized spacial score (nSPS) is 12.4. The number of aliphatic hydroxyl groups is 1. The summed E-state index contributed by atoms with van der Waals surface area (Å²) in [7, 11) is 0. The minimum absolute atomic E-state index is 0.194. The van der Waals surface area contributed by atoms with Crippen molar-refractivity contribution in [2.75, 3.05) is 13.1 Å². The van der Waals surface area contributed by atoms with E-state index in [1.54, 1.807) is 0 Å². The zero-order chi connectivity index (χ0) is 9.23.